The third-order valence-electron chi connectivity index (χ3n) is 1.99. The minimum absolute atomic E-state index is 0.713. The molecule has 0 aromatic heterocycles. The molecule has 0 saturated carbocycles. The first-order valence-corrected chi connectivity index (χ1v) is 8.28. The van der Waals surface area contributed by atoms with Gasteiger partial charge in [-0.3, -0.25) is 10.0 Å². The number of rotatable bonds is 4. The van der Waals surface area contributed by atoms with Gasteiger partial charge in [-0.2, -0.15) is 0 Å². The molecule has 0 aliphatic carbocycles. The Morgan fingerprint density at radius 3 is 2.50 bits per heavy atom. The van der Waals surface area contributed by atoms with Crippen molar-refractivity contribution in [3.05, 3.63) is 40.8 Å². The van der Waals surface area contributed by atoms with E-state index in [0.717, 1.165) is 0 Å². The predicted octanol–water partition coefficient (Wildman–Crippen LogP) is 4.13. The Kier molecular flexibility index (Phi) is 5.34. The summed E-state index contributed by atoms with van der Waals surface area (Å²) in [5, 5.41) is 1.17. The Morgan fingerprint density at radius 1 is 1.29 bits per heavy atom. The zero-order valence-electron chi connectivity index (χ0n) is 8.78. The fourth-order valence-electron chi connectivity index (χ4n) is 1.31. The number of benzene rings is 1. The van der Waals surface area contributed by atoms with Crippen molar-refractivity contribution in [2.24, 2.45) is 5.92 Å². The van der Waals surface area contributed by atoms with Gasteiger partial charge in [-0.25, -0.2) is 0 Å². The van der Waals surface area contributed by atoms with Crippen molar-refractivity contribution in [2.45, 2.75) is 19.1 Å². The summed E-state index contributed by atoms with van der Waals surface area (Å²) in [6.07, 6.45) is 2.15. The molecule has 1 aromatic rings. The lowest BCUT2D eigenvalue weighted by Gasteiger charge is -2.01. The topological polar surface area (TPSA) is 0 Å². The Bertz CT molecular complexity index is 280. The largest absolute Gasteiger partial charge is 0.430 e. The SMILES string of the molecule is CC(C)[CH2][Al]([Cl])[CH]=Cc1ccccc1. The third-order valence-corrected chi connectivity index (χ3v) is 4.97. The Labute approximate surface area is 95.2 Å². The molecular formula is C12H16AlCl. The molecule has 0 bridgehead atoms. The van der Waals surface area contributed by atoms with Crippen molar-refractivity contribution in [3.8, 4) is 0 Å². The van der Waals surface area contributed by atoms with Gasteiger partial charge in [0.25, 0.3) is 0 Å². The molecule has 0 heterocycles. The lowest BCUT2D eigenvalue weighted by Crippen LogP contribution is -2.03. The smallest absolute Gasteiger partial charge is 0.254 e. The fraction of sp³-hybridized carbons (Fsp3) is 0.333. The minimum Gasteiger partial charge on any atom is -0.254 e. The van der Waals surface area contributed by atoms with Crippen LogP contribution in [-0.2, 0) is 0 Å². The van der Waals surface area contributed by atoms with Crippen LogP contribution in [0, 0.1) is 5.92 Å². The van der Waals surface area contributed by atoms with E-state index in [1.165, 1.54) is 10.8 Å². The highest BCUT2D eigenvalue weighted by molar-refractivity contribution is 7.10. The van der Waals surface area contributed by atoms with Crippen LogP contribution in [0.4, 0.5) is 0 Å². The van der Waals surface area contributed by atoms with E-state index in [9.17, 15) is 0 Å². The first-order valence-electron chi connectivity index (χ1n) is 5.06. The maximum absolute atomic E-state index is 6.28. The standard InChI is InChI=1S/C8H7.C4H9.Al.ClH/c1-2-8-6-4-3-5-7-8;1-4(2)3;;/h1-7H;4H,1H2,2-3H3;;1H/q;;+1;/p-1. The first kappa shape index (κ1) is 11.9. The van der Waals surface area contributed by atoms with Gasteiger partial charge in [0.05, 0.1) is 0 Å². The molecule has 0 N–H and O–H groups in total. The average Bonchev–Trinajstić information content (AvgIpc) is 2.15. The first-order chi connectivity index (χ1) is 6.68. The summed E-state index contributed by atoms with van der Waals surface area (Å²) in [6, 6.07) is 10.3. The van der Waals surface area contributed by atoms with E-state index in [-0.39, 0.29) is 0 Å². The van der Waals surface area contributed by atoms with E-state index in [4.69, 9.17) is 10.0 Å². The normalized spacial score (nSPS) is 11.1. The molecule has 2 heteroatoms. The fourth-order valence-corrected chi connectivity index (χ4v) is 4.08. The van der Waals surface area contributed by atoms with Crippen molar-refractivity contribution in [3.63, 3.8) is 0 Å². The van der Waals surface area contributed by atoms with Crippen molar-refractivity contribution in [1.29, 1.82) is 0 Å². The van der Waals surface area contributed by atoms with Gasteiger partial charge in [0, 0.05) is 0 Å². The lowest BCUT2D eigenvalue weighted by molar-refractivity contribution is 0.731. The zero-order valence-corrected chi connectivity index (χ0v) is 10.7. The van der Waals surface area contributed by atoms with Crippen molar-refractivity contribution in [1.82, 2.24) is 0 Å². The summed E-state index contributed by atoms with van der Waals surface area (Å²) >= 11 is -1.14. The second kappa shape index (κ2) is 6.30. The molecule has 14 heavy (non-hydrogen) atoms. The van der Waals surface area contributed by atoms with E-state index in [0.29, 0.717) is 5.92 Å². The maximum atomic E-state index is 6.28. The van der Waals surface area contributed by atoms with Gasteiger partial charge >= 0.3 is 13.2 Å². The van der Waals surface area contributed by atoms with Crippen LogP contribution in [0.2, 0.25) is 5.28 Å². The van der Waals surface area contributed by atoms with Crippen molar-refractivity contribution in [2.75, 3.05) is 0 Å². The van der Waals surface area contributed by atoms with Gasteiger partial charge in [-0.05, 0) is 5.56 Å². The van der Waals surface area contributed by atoms with Gasteiger partial charge < -0.3 is 0 Å². The summed E-state index contributed by atoms with van der Waals surface area (Å²) < 4.78 is 0. The third kappa shape index (κ3) is 4.86. The quantitative estimate of drug-likeness (QED) is 0.673. The van der Waals surface area contributed by atoms with E-state index < -0.39 is 13.2 Å². The molecule has 1 aromatic carbocycles. The van der Waals surface area contributed by atoms with Gasteiger partial charge in [-0.15, -0.1) is 4.94 Å². The molecule has 0 atom stereocenters. The van der Waals surface area contributed by atoms with Gasteiger partial charge in [0.1, 0.15) is 0 Å². The summed E-state index contributed by atoms with van der Waals surface area (Å²) in [5.41, 5.74) is 1.24. The Balaban J connectivity index is 2.48. The van der Waals surface area contributed by atoms with Crippen LogP contribution in [0.5, 0.6) is 0 Å². The van der Waals surface area contributed by atoms with E-state index in [1.807, 2.05) is 18.2 Å². The predicted molar refractivity (Wildman–Crippen MR) is 66.7 cm³/mol. The summed E-state index contributed by atoms with van der Waals surface area (Å²) in [7, 11) is 6.28. The number of hydrogen-bond acceptors (Lipinski definition) is 0. The molecule has 0 saturated heterocycles. The molecule has 74 valence electrons. The minimum atomic E-state index is -1.14. The zero-order chi connectivity index (χ0) is 10.4. The van der Waals surface area contributed by atoms with Crippen molar-refractivity contribution >= 4 is 29.4 Å². The Morgan fingerprint density at radius 2 is 1.93 bits per heavy atom. The van der Waals surface area contributed by atoms with Crippen molar-refractivity contribution < 1.29 is 0 Å². The summed E-state index contributed by atoms with van der Waals surface area (Å²) in [5.74, 6) is 0.713. The number of hydrogen-bond donors (Lipinski definition) is 0. The number of halogens is 1. The Hall–Kier alpha value is -0.218. The van der Waals surface area contributed by atoms with Crippen LogP contribution < -0.4 is 0 Å². The van der Waals surface area contributed by atoms with Gasteiger partial charge in [-0.1, -0.05) is 61.5 Å². The van der Waals surface area contributed by atoms with Crippen LogP contribution >= 0.6 is 10.0 Å². The molecule has 0 aliphatic rings. The van der Waals surface area contributed by atoms with E-state index in [2.05, 4.69) is 37.0 Å². The highest BCUT2D eigenvalue weighted by atomic mass is 35.6. The van der Waals surface area contributed by atoms with Gasteiger partial charge in [0.2, 0.25) is 0 Å². The summed E-state index contributed by atoms with van der Waals surface area (Å²) in [4.78, 5) is 2.21. The molecule has 0 fully saturated rings. The molecule has 0 unspecified atom stereocenters. The van der Waals surface area contributed by atoms with Gasteiger partial charge in [0.15, 0.2) is 0 Å². The molecule has 1 rings (SSSR count). The molecule has 0 amide bonds. The molecule has 0 spiro atoms. The second-order valence-corrected chi connectivity index (χ2v) is 7.49. The molecule has 0 aliphatic heterocycles. The molecular weight excluding hydrogens is 207 g/mol. The van der Waals surface area contributed by atoms with Crippen LogP contribution in [0.25, 0.3) is 6.08 Å². The van der Waals surface area contributed by atoms with Crippen LogP contribution in [0.15, 0.2) is 35.3 Å². The highest BCUT2D eigenvalue weighted by Gasteiger charge is 2.11. The lowest BCUT2D eigenvalue weighted by atomic mass is 10.2. The van der Waals surface area contributed by atoms with Crippen LogP contribution in [0.1, 0.15) is 19.4 Å². The second-order valence-electron chi connectivity index (χ2n) is 3.92. The monoisotopic (exact) mass is 222 g/mol. The van der Waals surface area contributed by atoms with Crippen LogP contribution in [-0.4, -0.2) is 13.2 Å². The van der Waals surface area contributed by atoms with E-state index in [1.54, 1.807) is 0 Å². The summed E-state index contributed by atoms with van der Waals surface area (Å²) in [6.45, 7) is 4.44. The van der Waals surface area contributed by atoms with E-state index >= 15 is 0 Å². The maximum Gasteiger partial charge on any atom is 0.430 e. The van der Waals surface area contributed by atoms with Crippen LogP contribution in [0.3, 0.4) is 0 Å². The average molecular weight is 223 g/mol. The molecule has 0 radical (unpaired) electrons. The highest BCUT2D eigenvalue weighted by Crippen LogP contribution is 2.11. The molecule has 0 nitrogen and oxygen atoms in total.